The van der Waals surface area contributed by atoms with Crippen LogP contribution in [-0.2, 0) is 16.1 Å². The summed E-state index contributed by atoms with van der Waals surface area (Å²) in [6, 6.07) is 6.12. The number of nitrogens with zero attached hydrogens (tertiary/aromatic N) is 1. The Balaban J connectivity index is 1.89. The van der Waals surface area contributed by atoms with Crippen LogP contribution in [0.1, 0.15) is 37.7 Å². The van der Waals surface area contributed by atoms with Gasteiger partial charge in [0.1, 0.15) is 11.4 Å². The van der Waals surface area contributed by atoms with Crippen LogP contribution in [0.5, 0.6) is 0 Å². The van der Waals surface area contributed by atoms with Crippen molar-refractivity contribution in [2.75, 3.05) is 6.54 Å². The number of amides is 2. The van der Waals surface area contributed by atoms with Gasteiger partial charge in [0, 0.05) is 6.54 Å². The summed E-state index contributed by atoms with van der Waals surface area (Å²) in [4.78, 5) is 26.4. The number of halogens is 1. The average molecular weight is 290 g/mol. The minimum absolute atomic E-state index is 0.0380. The normalized spacial score (nSPS) is 21.5. The Kier molecular flexibility index (Phi) is 3.66. The smallest absolute Gasteiger partial charge is 0.246 e. The number of hydrogen-bond donors (Lipinski definition) is 1. The lowest BCUT2D eigenvalue weighted by atomic mass is 9.78. The second-order valence-corrected chi connectivity index (χ2v) is 5.88. The van der Waals surface area contributed by atoms with Crippen LogP contribution in [0.15, 0.2) is 24.3 Å². The molecule has 4 nitrogen and oxygen atoms in total. The summed E-state index contributed by atoms with van der Waals surface area (Å²) in [5.74, 6) is -0.390. The molecule has 1 heterocycles. The largest absolute Gasteiger partial charge is 0.345 e. The predicted octanol–water partition coefficient (Wildman–Crippen LogP) is 1.99. The first kappa shape index (κ1) is 14.0. The first-order valence-electron chi connectivity index (χ1n) is 7.45. The van der Waals surface area contributed by atoms with Gasteiger partial charge in [-0.2, -0.15) is 0 Å². The van der Waals surface area contributed by atoms with E-state index in [9.17, 15) is 14.0 Å². The standard InChI is InChI=1S/C16H19FN2O2/c17-13-6-4-12(5-7-13)11-19-14(20)10-18-15(21)16(19)8-2-1-3-9-16/h4-7H,1-3,8-11H2,(H,18,21). The lowest BCUT2D eigenvalue weighted by Crippen LogP contribution is -2.67. The summed E-state index contributed by atoms with van der Waals surface area (Å²) in [6.45, 7) is 0.425. The summed E-state index contributed by atoms with van der Waals surface area (Å²) in [6.07, 6.45) is 4.45. The third-order valence-electron chi connectivity index (χ3n) is 4.58. The van der Waals surface area contributed by atoms with E-state index >= 15 is 0 Å². The van der Waals surface area contributed by atoms with Gasteiger partial charge in [-0.05, 0) is 30.5 Å². The van der Waals surface area contributed by atoms with Crippen molar-refractivity contribution in [2.24, 2.45) is 0 Å². The Bertz CT molecular complexity index is 550. The van der Waals surface area contributed by atoms with Crippen molar-refractivity contribution in [3.05, 3.63) is 35.6 Å². The maximum Gasteiger partial charge on any atom is 0.246 e. The molecular formula is C16H19FN2O2. The molecule has 2 aliphatic rings. The van der Waals surface area contributed by atoms with Crippen molar-refractivity contribution in [1.29, 1.82) is 0 Å². The van der Waals surface area contributed by atoms with Gasteiger partial charge in [0.15, 0.2) is 0 Å². The highest BCUT2D eigenvalue weighted by atomic mass is 19.1. The van der Waals surface area contributed by atoms with Crippen LogP contribution in [0.3, 0.4) is 0 Å². The molecule has 0 radical (unpaired) electrons. The van der Waals surface area contributed by atoms with E-state index in [2.05, 4.69) is 5.32 Å². The predicted molar refractivity (Wildman–Crippen MR) is 75.8 cm³/mol. The van der Waals surface area contributed by atoms with Gasteiger partial charge in [-0.15, -0.1) is 0 Å². The zero-order valence-electron chi connectivity index (χ0n) is 11.9. The third kappa shape index (κ3) is 2.52. The Morgan fingerprint density at radius 3 is 2.43 bits per heavy atom. The van der Waals surface area contributed by atoms with Crippen LogP contribution in [0.25, 0.3) is 0 Å². The van der Waals surface area contributed by atoms with E-state index in [0.717, 1.165) is 24.8 Å². The number of nitrogens with one attached hydrogen (secondary N) is 1. The highest BCUT2D eigenvalue weighted by Crippen LogP contribution is 2.36. The molecule has 2 amide bonds. The SMILES string of the molecule is O=C1CNC(=O)C2(CCCCC2)N1Cc1ccc(F)cc1. The number of benzene rings is 1. The van der Waals surface area contributed by atoms with Crippen LogP contribution < -0.4 is 5.32 Å². The number of carbonyl (C=O) groups excluding carboxylic acids is 2. The van der Waals surface area contributed by atoms with Gasteiger partial charge < -0.3 is 10.2 Å². The average Bonchev–Trinajstić information content (AvgIpc) is 2.51. The summed E-state index contributed by atoms with van der Waals surface area (Å²) < 4.78 is 13.0. The number of piperazine rings is 1. The molecule has 1 aliphatic carbocycles. The lowest BCUT2D eigenvalue weighted by Gasteiger charge is -2.47. The minimum atomic E-state index is -0.706. The maximum absolute atomic E-state index is 13.0. The van der Waals surface area contributed by atoms with Crippen molar-refractivity contribution in [3.63, 3.8) is 0 Å². The van der Waals surface area contributed by atoms with E-state index in [1.165, 1.54) is 12.1 Å². The summed E-state index contributed by atoms with van der Waals surface area (Å²) in [5.41, 5.74) is 0.145. The third-order valence-corrected chi connectivity index (χ3v) is 4.58. The van der Waals surface area contributed by atoms with Gasteiger partial charge >= 0.3 is 0 Å². The molecule has 3 rings (SSSR count). The molecule has 1 N–H and O–H groups in total. The fourth-order valence-corrected chi connectivity index (χ4v) is 3.42. The molecule has 0 unspecified atom stereocenters. The molecule has 0 atom stereocenters. The van der Waals surface area contributed by atoms with E-state index in [1.54, 1.807) is 17.0 Å². The van der Waals surface area contributed by atoms with Gasteiger partial charge in [-0.3, -0.25) is 9.59 Å². The Morgan fingerprint density at radius 2 is 1.76 bits per heavy atom. The summed E-state index contributed by atoms with van der Waals surface area (Å²) in [7, 11) is 0. The Hall–Kier alpha value is -1.91. The first-order chi connectivity index (χ1) is 10.1. The van der Waals surface area contributed by atoms with Gasteiger partial charge in [-0.25, -0.2) is 4.39 Å². The number of rotatable bonds is 2. The molecule has 5 heteroatoms. The van der Waals surface area contributed by atoms with E-state index < -0.39 is 5.54 Å². The molecule has 1 aromatic carbocycles. The van der Waals surface area contributed by atoms with Crippen molar-refractivity contribution >= 4 is 11.8 Å². The zero-order valence-corrected chi connectivity index (χ0v) is 11.9. The zero-order chi connectivity index (χ0) is 14.9. The maximum atomic E-state index is 13.0. The van der Waals surface area contributed by atoms with Crippen LogP contribution >= 0.6 is 0 Å². The molecule has 21 heavy (non-hydrogen) atoms. The fourth-order valence-electron chi connectivity index (χ4n) is 3.42. The van der Waals surface area contributed by atoms with Crippen molar-refractivity contribution < 1.29 is 14.0 Å². The van der Waals surface area contributed by atoms with Gasteiger partial charge in [-0.1, -0.05) is 31.4 Å². The van der Waals surface area contributed by atoms with Crippen LogP contribution in [0.2, 0.25) is 0 Å². The molecule has 1 aromatic rings. The molecule has 1 spiro atoms. The second-order valence-electron chi connectivity index (χ2n) is 5.88. The molecule has 1 saturated carbocycles. The van der Waals surface area contributed by atoms with Crippen LogP contribution in [0.4, 0.5) is 4.39 Å². The van der Waals surface area contributed by atoms with Gasteiger partial charge in [0.25, 0.3) is 0 Å². The Morgan fingerprint density at radius 1 is 1.10 bits per heavy atom. The Labute approximate surface area is 123 Å². The summed E-state index contributed by atoms with van der Waals surface area (Å²) in [5, 5.41) is 2.73. The molecule has 0 aromatic heterocycles. The number of carbonyl (C=O) groups is 2. The summed E-state index contributed by atoms with van der Waals surface area (Å²) >= 11 is 0. The molecule has 1 saturated heterocycles. The highest BCUT2D eigenvalue weighted by molar-refractivity contribution is 5.98. The second kappa shape index (κ2) is 5.47. The number of hydrogen-bond acceptors (Lipinski definition) is 2. The molecule has 0 bridgehead atoms. The molecular weight excluding hydrogens is 271 g/mol. The van der Waals surface area contributed by atoms with E-state index in [0.29, 0.717) is 19.4 Å². The molecule has 2 fully saturated rings. The van der Waals surface area contributed by atoms with Gasteiger partial charge in [0.2, 0.25) is 11.8 Å². The van der Waals surface area contributed by atoms with Crippen LogP contribution in [0, 0.1) is 5.82 Å². The van der Waals surface area contributed by atoms with Crippen molar-refractivity contribution in [3.8, 4) is 0 Å². The van der Waals surface area contributed by atoms with Gasteiger partial charge in [0.05, 0.1) is 6.54 Å². The van der Waals surface area contributed by atoms with E-state index in [1.807, 2.05) is 0 Å². The van der Waals surface area contributed by atoms with E-state index in [-0.39, 0.29) is 24.2 Å². The monoisotopic (exact) mass is 290 g/mol. The van der Waals surface area contributed by atoms with Crippen LogP contribution in [-0.4, -0.2) is 28.8 Å². The fraction of sp³-hybridized carbons (Fsp3) is 0.500. The first-order valence-corrected chi connectivity index (χ1v) is 7.45. The molecule has 1 aliphatic heterocycles. The molecule has 112 valence electrons. The topological polar surface area (TPSA) is 49.4 Å². The van der Waals surface area contributed by atoms with E-state index in [4.69, 9.17) is 0 Å². The highest BCUT2D eigenvalue weighted by Gasteiger charge is 2.49. The lowest BCUT2D eigenvalue weighted by molar-refractivity contribution is -0.157. The van der Waals surface area contributed by atoms with Crippen molar-refractivity contribution in [2.45, 2.75) is 44.2 Å². The van der Waals surface area contributed by atoms with Crippen molar-refractivity contribution in [1.82, 2.24) is 10.2 Å². The minimum Gasteiger partial charge on any atom is -0.345 e. The quantitative estimate of drug-likeness (QED) is 0.905.